The molecule has 3 heteroatoms. The third kappa shape index (κ3) is 2.27. The second-order valence-electron chi connectivity index (χ2n) is 2.60. The van der Waals surface area contributed by atoms with Crippen LogP contribution in [0.25, 0.3) is 0 Å². The predicted molar refractivity (Wildman–Crippen MR) is 45.6 cm³/mol. The van der Waals surface area contributed by atoms with E-state index in [1.165, 1.54) is 0 Å². The molecule has 12 heavy (non-hydrogen) atoms. The number of aromatic hydroxyl groups is 1. The third-order valence-electron chi connectivity index (χ3n) is 1.63. The number of amides is 1. The van der Waals surface area contributed by atoms with Crippen molar-refractivity contribution < 1.29 is 9.90 Å². The highest BCUT2D eigenvalue weighted by Crippen LogP contribution is 2.16. The smallest absolute Gasteiger partial charge is 0.217 e. The van der Waals surface area contributed by atoms with Crippen molar-refractivity contribution in [3.8, 4) is 5.75 Å². The van der Waals surface area contributed by atoms with Crippen LogP contribution in [0.2, 0.25) is 0 Å². The summed E-state index contributed by atoms with van der Waals surface area (Å²) in [7, 11) is 0. The zero-order valence-corrected chi connectivity index (χ0v) is 6.66. The van der Waals surface area contributed by atoms with Gasteiger partial charge in [0.05, 0.1) is 0 Å². The van der Waals surface area contributed by atoms with Crippen molar-refractivity contribution in [2.24, 2.45) is 5.73 Å². The number of phenolic OH excluding ortho intramolecular Hbond substituents is 1. The van der Waals surface area contributed by atoms with Gasteiger partial charge in [-0.1, -0.05) is 18.2 Å². The van der Waals surface area contributed by atoms with Crippen molar-refractivity contribution in [3.63, 3.8) is 0 Å². The van der Waals surface area contributed by atoms with E-state index < -0.39 is 0 Å². The van der Waals surface area contributed by atoms with E-state index in [0.29, 0.717) is 6.42 Å². The fourth-order valence-electron chi connectivity index (χ4n) is 0.980. The van der Waals surface area contributed by atoms with Crippen molar-refractivity contribution in [2.45, 2.75) is 12.8 Å². The maximum absolute atomic E-state index is 10.4. The number of carbonyl (C=O) groups excluding carboxylic acids is 1. The molecule has 0 aromatic heterocycles. The number of nitrogens with two attached hydrogens (primary N) is 1. The van der Waals surface area contributed by atoms with Crippen LogP contribution >= 0.6 is 0 Å². The maximum Gasteiger partial charge on any atom is 0.217 e. The molecule has 3 nitrogen and oxygen atoms in total. The number of rotatable bonds is 3. The molecule has 1 aromatic rings. The highest BCUT2D eigenvalue weighted by atomic mass is 16.3. The normalized spacial score (nSPS) is 9.67. The molecule has 0 aliphatic heterocycles. The Kier molecular flexibility index (Phi) is 2.69. The van der Waals surface area contributed by atoms with Gasteiger partial charge in [-0.15, -0.1) is 0 Å². The third-order valence-corrected chi connectivity index (χ3v) is 1.63. The second kappa shape index (κ2) is 3.76. The summed E-state index contributed by atoms with van der Waals surface area (Å²) in [5, 5.41) is 9.27. The Labute approximate surface area is 70.8 Å². The number of para-hydroxylation sites is 1. The number of phenols is 1. The summed E-state index contributed by atoms with van der Waals surface area (Å²) in [6, 6.07) is 6.92. The van der Waals surface area contributed by atoms with Crippen molar-refractivity contribution in [1.29, 1.82) is 0 Å². The molecule has 0 radical (unpaired) electrons. The Morgan fingerprint density at radius 3 is 2.67 bits per heavy atom. The predicted octanol–water partition coefficient (Wildman–Crippen LogP) is 0.810. The lowest BCUT2D eigenvalue weighted by Gasteiger charge is -2.00. The highest BCUT2D eigenvalue weighted by Gasteiger charge is 2.00. The molecule has 1 aromatic carbocycles. The average Bonchev–Trinajstić information content (AvgIpc) is 2.03. The van der Waals surface area contributed by atoms with Gasteiger partial charge in [0, 0.05) is 6.42 Å². The number of carbonyl (C=O) groups is 1. The van der Waals surface area contributed by atoms with Crippen molar-refractivity contribution in [3.05, 3.63) is 29.8 Å². The molecule has 0 heterocycles. The minimum Gasteiger partial charge on any atom is -0.508 e. The largest absolute Gasteiger partial charge is 0.508 e. The molecule has 0 aliphatic rings. The highest BCUT2D eigenvalue weighted by molar-refractivity contribution is 5.74. The lowest BCUT2D eigenvalue weighted by molar-refractivity contribution is -0.117. The lowest BCUT2D eigenvalue weighted by atomic mass is 10.1. The van der Waals surface area contributed by atoms with Crippen molar-refractivity contribution in [1.82, 2.24) is 0 Å². The Hall–Kier alpha value is -1.51. The van der Waals surface area contributed by atoms with Gasteiger partial charge in [0.2, 0.25) is 5.91 Å². The van der Waals surface area contributed by atoms with E-state index in [2.05, 4.69) is 0 Å². The molecule has 0 aliphatic carbocycles. The van der Waals surface area contributed by atoms with Crippen LogP contribution in [0.1, 0.15) is 12.0 Å². The molecule has 0 unspecified atom stereocenters. The maximum atomic E-state index is 10.4. The summed E-state index contributed by atoms with van der Waals surface area (Å²) < 4.78 is 0. The topological polar surface area (TPSA) is 63.3 Å². The molecule has 1 amide bonds. The van der Waals surface area contributed by atoms with Gasteiger partial charge in [-0.3, -0.25) is 4.79 Å². The lowest BCUT2D eigenvalue weighted by Crippen LogP contribution is -2.11. The van der Waals surface area contributed by atoms with Gasteiger partial charge >= 0.3 is 0 Å². The van der Waals surface area contributed by atoms with Gasteiger partial charge in [0.15, 0.2) is 0 Å². The van der Waals surface area contributed by atoms with Crippen LogP contribution < -0.4 is 5.73 Å². The summed E-state index contributed by atoms with van der Waals surface area (Å²) in [5.74, 6) is -0.128. The first-order valence-corrected chi connectivity index (χ1v) is 3.75. The summed E-state index contributed by atoms with van der Waals surface area (Å²) in [5.41, 5.74) is 5.73. The van der Waals surface area contributed by atoms with Crippen molar-refractivity contribution >= 4 is 5.91 Å². The molecular formula is C9H11NO2. The zero-order valence-electron chi connectivity index (χ0n) is 6.66. The summed E-state index contributed by atoms with van der Waals surface area (Å²) in [4.78, 5) is 10.4. The number of primary amides is 1. The molecule has 0 atom stereocenters. The summed E-state index contributed by atoms with van der Waals surface area (Å²) in [6.45, 7) is 0. The van der Waals surface area contributed by atoms with E-state index in [4.69, 9.17) is 5.73 Å². The van der Waals surface area contributed by atoms with E-state index in [-0.39, 0.29) is 18.1 Å². The zero-order chi connectivity index (χ0) is 8.97. The van der Waals surface area contributed by atoms with Crippen LogP contribution in [0, 0.1) is 0 Å². The number of hydrogen-bond donors (Lipinski definition) is 2. The first kappa shape index (κ1) is 8.59. The molecule has 3 N–H and O–H groups in total. The van der Waals surface area contributed by atoms with Crippen LogP contribution in [0.3, 0.4) is 0 Å². The molecule has 0 bridgehead atoms. The van der Waals surface area contributed by atoms with Crippen molar-refractivity contribution in [2.75, 3.05) is 0 Å². The van der Waals surface area contributed by atoms with E-state index in [9.17, 15) is 9.90 Å². The van der Waals surface area contributed by atoms with E-state index >= 15 is 0 Å². The SMILES string of the molecule is NC(=O)CCc1ccccc1O. The van der Waals surface area contributed by atoms with Gasteiger partial charge < -0.3 is 10.8 Å². The monoisotopic (exact) mass is 165 g/mol. The van der Waals surface area contributed by atoms with Crippen LogP contribution in [0.4, 0.5) is 0 Å². The molecule has 0 spiro atoms. The molecule has 0 saturated heterocycles. The Bertz CT molecular complexity index is 284. The quantitative estimate of drug-likeness (QED) is 0.696. The van der Waals surface area contributed by atoms with E-state index in [1.54, 1.807) is 18.2 Å². The fourth-order valence-corrected chi connectivity index (χ4v) is 0.980. The van der Waals surface area contributed by atoms with Crippen LogP contribution in [-0.2, 0) is 11.2 Å². The minimum absolute atomic E-state index is 0.221. The van der Waals surface area contributed by atoms with Gasteiger partial charge in [-0.25, -0.2) is 0 Å². The number of hydrogen-bond acceptors (Lipinski definition) is 2. The molecule has 0 saturated carbocycles. The summed E-state index contributed by atoms with van der Waals surface area (Å²) in [6.07, 6.45) is 0.777. The van der Waals surface area contributed by atoms with Gasteiger partial charge in [-0.05, 0) is 18.1 Å². The van der Waals surface area contributed by atoms with Crippen LogP contribution in [-0.4, -0.2) is 11.0 Å². The van der Waals surface area contributed by atoms with Crippen LogP contribution in [0.15, 0.2) is 24.3 Å². The number of benzene rings is 1. The summed E-state index contributed by atoms with van der Waals surface area (Å²) >= 11 is 0. The Morgan fingerprint density at radius 1 is 1.42 bits per heavy atom. The van der Waals surface area contributed by atoms with E-state index in [0.717, 1.165) is 5.56 Å². The van der Waals surface area contributed by atoms with Gasteiger partial charge in [0.1, 0.15) is 5.75 Å². The van der Waals surface area contributed by atoms with Gasteiger partial charge in [0.25, 0.3) is 0 Å². The number of aryl methyl sites for hydroxylation is 1. The minimum atomic E-state index is -0.349. The Balaban J connectivity index is 2.63. The molecule has 0 fully saturated rings. The molecule has 1 rings (SSSR count). The Morgan fingerprint density at radius 2 is 2.08 bits per heavy atom. The second-order valence-corrected chi connectivity index (χ2v) is 2.60. The standard InChI is InChI=1S/C9H11NO2/c10-9(12)6-5-7-3-1-2-4-8(7)11/h1-4,11H,5-6H2,(H2,10,12). The van der Waals surface area contributed by atoms with Crippen LogP contribution in [0.5, 0.6) is 5.75 Å². The van der Waals surface area contributed by atoms with E-state index in [1.807, 2.05) is 6.07 Å². The average molecular weight is 165 g/mol. The molecule has 64 valence electrons. The van der Waals surface area contributed by atoms with Gasteiger partial charge in [-0.2, -0.15) is 0 Å². The first-order chi connectivity index (χ1) is 5.70. The fraction of sp³-hybridized carbons (Fsp3) is 0.222. The first-order valence-electron chi connectivity index (χ1n) is 3.75. The molecular weight excluding hydrogens is 154 g/mol.